The Morgan fingerprint density at radius 3 is 2.72 bits per heavy atom. The topological polar surface area (TPSA) is 69.2 Å². The molecular weight excluding hydrogens is 298 g/mol. The van der Waals surface area contributed by atoms with Gasteiger partial charge in [-0.15, -0.1) is 0 Å². The minimum atomic E-state index is -1.24. The van der Waals surface area contributed by atoms with E-state index in [1.165, 1.54) is 0 Å². The Morgan fingerprint density at radius 1 is 1.44 bits per heavy atom. The Hall–Kier alpha value is -1.36. The van der Waals surface area contributed by atoms with Crippen LogP contribution in [-0.2, 0) is 4.79 Å². The number of carbonyl (C=O) groups is 2. The Kier molecular flexibility index (Phi) is 5.85. The predicted octanol–water partition coefficient (Wildman–Crippen LogP) is 1.49. The third kappa shape index (κ3) is 4.49. The highest BCUT2D eigenvalue weighted by Gasteiger charge is 2.14. The molecule has 5 heteroatoms. The molecule has 0 aliphatic rings. The number of hydrogen-bond donors (Lipinski definition) is 1. The van der Waals surface area contributed by atoms with E-state index in [0.717, 1.165) is 17.3 Å². The van der Waals surface area contributed by atoms with Crippen LogP contribution in [0, 0.1) is 0 Å². The smallest absolute Gasteiger partial charge is 0.251 e. The van der Waals surface area contributed by atoms with Crippen molar-refractivity contribution in [1.82, 2.24) is 5.32 Å². The Balaban J connectivity index is 2.69. The Labute approximate surface area is 115 Å². The monoisotopic (exact) mass is 312 g/mol. The molecule has 0 radical (unpaired) electrons. The third-order valence-electron chi connectivity index (χ3n) is 2.52. The fourth-order valence-corrected chi connectivity index (χ4v) is 1.93. The van der Waals surface area contributed by atoms with Crippen molar-refractivity contribution in [2.45, 2.75) is 32.2 Å². The van der Waals surface area contributed by atoms with Gasteiger partial charge in [0.15, 0.2) is 0 Å². The van der Waals surface area contributed by atoms with Crippen LogP contribution in [0.3, 0.4) is 0 Å². The molecule has 0 saturated carbocycles. The maximum atomic E-state index is 11.9. The molecule has 4 nitrogen and oxygen atoms in total. The summed E-state index contributed by atoms with van der Waals surface area (Å²) in [6.45, 7) is 1.96. The second kappa shape index (κ2) is 7.16. The quantitative estimate of drug-likeness (QED) is 0.865. The molecule has 0 bridgehead atoms. The summed E-state index contributed by atoms with van der Waals surface area (Å²) >= 11 is 3.26. The molecule has 0 saturated heterocycles. The second-order valence-electron chi connectivity index (χ2n) is 4.00. The van der Waals surface area contributed by atoms with Gasteiger partial charge in [0.2, 0.25) is 0 Å². The molecule has 1 aromatic rings. The lowest BCUT2D eigenvalue weighted by Gasteiger charge is -2.19. The van der Waals surface area contributed by atoms with Crippen molar-refractivity contribution < 1.29 is 14.7 Å². The van der Waals surface area contributed by atoms with Gasteiger partial charge >= 0.3 is 0 Å². The summed E-state index contributed by atoms with van der Waals surface area (Å²) < 4.78 is 0.772. The van der Waals surface area contributed by atoms with Crippen LogP contribution in [0.5, 0.6) is 0 Å². The van der Waals surface area contributed by atoms with Crippen LogP contribution in [0.4, 0.5) is 0 Å². The lowest BCUT2D eigenvalue weighted by atomic mass is 10.1. The number of carboxylic acids is 1. The molecule has 0 aliphatic heterocycles. The Morgan fingerprint density at radius 2 is 2.17 bits per heavy atom. The van der Waals surface area contributed by atoms with Gasteiger partial charge in [-0.05, 0) is 24.6 Å². The first-order chi connectivity index (χ1) is 8.54. The molecule has 1 amide bonds. The number of hydrogen-bond acceptors (Lipinski definition) is 3. The van der Waals surface area contributed by atoms with Crippen molar-refractivity contribution in [3.8, 4) is 0 Å². The number of unbranched alkanes of at least 4 members (excludes halogenated alkanes) is 1. The van der Waals surface area contributed by atoms with E-state index in [1.54, 1.807) is 24.3 Å². The molecule has 1 atom stereocenters. The standard InChI is InChI=1S/C13H16BrNO3/c1-2-3-7-11(13(17)18)15-12(16)9-5-4-6-10(14)8-9/h4-6,8,11H,2-3,7H2,1H3,(H,15,16)(H,17,18)/p-1/t11-/m1/s1. The van der Waals surface area contributed by atoms with Crippen LogP contribution >= 0.6 is 15.9 Å². The number of rotatable bonds is 6. The molecule has 0 unspecified atom stereocenters. The van der Waals surface area contributed by atoms with Gasteiger partial charge in [-0.3, -0.25) is 4.79 Å². The van der Waals surface area contributed by atoms with E-state index in [0.29, 0.717) is 12.0 Å². The van der Waals surface area contributed by atoms with E-state index < -0.39 is 17.9 Å². The van der Waals surface area contributed by atoms with Crippen LogP contribution in [0.2, 0.25) is 0 Å². The second-order valence-corrected chi connectivity index (χ2v) is 4.91. The van der Waals surface area contributed by atoms with Crippen molar-refractivity contribution in [2.75, 3.05) is 0 Å². The molecule has 98 valence electrons. The number of carboxylic acid groups (broad SMARTS) is 1. The average molecular weight is 313 g/mol. The van der Waals surface area contributed by atoms with Crippen LogP contribution in [0.1, 0.15) is 36.5 Å². The number of halogens is 1. The van der Waals surface area contributed by atoms with Gasteiger partial charge < -0.3 is 15.2 Å². The summed E-state index contributed by atoms with van der Waals surface area (Å²) in [4.78, 5) is 22.8. The average Bonchev–Trinajstić information content (AvgIpc) is 2.33. The summed E-state index contributed by atoms with van der Waals surface area (Å²) in [5, 5.41) is 13.4. The molecule has 0 aliphatic carbocycles. The molecule has 1 aromatic carbocycles. The number of nitrogens with one attached hydrogen (secondary N) is 1. The summed E-state index contributed by atoms with van der Waals surface area (Å²) in [5.41, 5.74) is 0.423. The van der Waals surface area contributed by atoms with Gasteiger partial charge in [-0.25, -0.2) is 0 Å². The minimum Gasteiger partial charge on any atom is -0.548 e. The zero-order chi connectivity index (χ0) is 13.5. The van der Waals surface area contributed by atoms with E-state index in [4.69, 9.17) is 0 Å². The summed E-state index contributed by atoms with van der Waals surface area (Å²) in [6.07, 6.45) is 1.99. The van der Waals surface area contributed by atoms with Crippen molar-refractivity contribution in [2.24, 2.45) is 0 Å². The van der Waals surface area contributed by atoms with Crippen LogP contribution in [0.25, 0.3) is 0 Å². The number of aliphatic carboxylic acids is 1. The lowest BCUT2D eigenvalue weighted by Crippen LogP contribution is -2.47. The summed E-state index contributed by atoms with van der Waals surface area (Å²) in [6, 6.07) is 5.85. The number of benzene rings is 1. The first kappa shape index (κ1) is 14.7. The molecule has 0 spiro atoms. The fraction of sp³-hybridized carbons (Fsp3) is 0.385. The van der Waals surface area contributed by atoms with E-state index in [9.17, 15) is 14.7 Å². The van der Waals surface area contributed by atoms with Crippen LogP contribution in [0.15, 0.2) is 28.7 Å². The zero-order valence-corrected chi connectivity index (χ0v) is 11.7. The van der Waals surface area contributed by atoms with Crippen LogP contribution < -0.4 is 10.4 Å². The molecule has 1 N–H and O–H groups in total. The normalized spacial score (nSPS) is 11.9. The molecular formula is C13H15BrNO3-. The highest BCUT2D eigenvalue weighted by Crippen LogP contribution is 2.12. The summed E-state index contributed by atoms with van der Waals surface area (Å²) in [5.74, 6) is -1.65. The molecule has 18 heavy (non-hydrogen) atoms. The van der Waals surface area contributed by atoms with Gasteiger partial charge in [-0.1, -0.05) is 41.8 Å². The van der Waals surface area contributed by atoms with Crippen molar-refractivity contribution in [3.05, 3.63) is 34.3 Å². The lowest BCUT2D eigenvalue weighted by molar-refractivity contribution is -0.308. The largest absolute Gasteiger partial charge is 0.548 e. The highest BCUT2D eigenvalue weighted by atomic mass is 79.9. The number of carbonyl (C=O) groups excluding carboxylic acids is 2. The zero-order valence-electron chi connectivity index (χ0n) is 10.1. The van der Waals surface area contributed by atoms with Gasteiger partial charge in [0.05, 0.1) is 12.0 Å². The molecule has 1 rings (SSSR count). The fourth-order valence-electron chi connectivity index (χ4n) is 1.53. The molecule has 0 fully saturated rings. The predicted molar refractivity (Wildman–Crippen MR) is 69.9 cm³/mol. The first-order valence-electron chi connectivity index (χ1n) is 5.82. The molecule has 0 heterocycles. The number of amides is 1. The van der Waals surface area contributed by atoms with E-state index in [2.05, 4.69) is 21.2 Å². The van der Waals surface area contributed by atoms with E-state index in [1.807, 2.05) is 6.92 Å². The third-order valence-corrected chi connectivity index (χ3v) is 3.02. The van der Waals surface area contributed by atoms with E-state index >= 15 is 0 Å². The van der Waals surface area contributed by atoms with E-state index in [-0.39, 0.29) is 0 Å². The van der Waals surface area contributed by atoms with Gasteiger partial charge in [0.1, 0.15) is 0 Å². The minimum absolute atomic E-state index is 0.387. The van der Waals surface area contributed by atoms with Gasteiger partial charge in [0, 0.05) is 10.0 Å². The van der Waals surface area contributed by atoms with Gasteiger partial charge in [-0.2, -0.15) is 0 Å². The van der Waals surface area contributed by atoms with Crippen LogP contribution in [-0.4, -0.2) is 17.9 Å². The molecule has 0 aromatic heterocycles. The van der Waals surface area contributed by atoms with Crippen molar-refractivity contribution in [3.63, 3.8) is 0 Å². The SMILES string of the molecule is CCCC[C@@H](NC(=O)c1cccc(Br)c1)C(=O)[O-]. The first-order valence-corrected chi connectivity index (χ1v) is 6.61. The van der Waals surface area contributed by atoms with Crippen molar-refractivity contribution in [1.29, 1.82) is 0 Å². The maximum absolute atomic E-state index is 11.9. The summed E-state index contributed by atoms with van der Waals surface area (Å²) in [7, 11) is 0. The Bertz CT molecular complexity index is 434. The highest BCUT2D eigenvalue weighted by molar-refractivity contribution is 9.10. The maximum Gasteiger partial charge on any atom is 0.251 e. The van der Waals surface area contributed by atoms with Crippen molar-refractivity contribution >= 4 is 27.8 Å². The van der Waals surface area contributed by atoms with Gasteiger partial charge in [0.25, 0.3) is 5.91 Å².